The number of rotatable bonds is 4. The summed E-state index contributed by atoms with van der Waals surface area (Å²) in [7, 11) is -1.01. The molecule has 0 spiro atoms. The Kier molecular flexibility index (Phi) is 5.10. The van der Waals surface area contributed by atoms with Gasteiger partial charge in [0, 0.05) is 27.5 Å². The van der Waals surface area contributed by atoms with E-state index < -0.39 is 17.0 Å². The van der Waals surface area contributed by atoms with Crippen LogP contribution in [0.15, 0.2) is 41.3 Å². The molecule has 0 saturated carbocycles. The Bertz CT molecular complexity index is 935. The molecule has 1 unspecified atom stereocenters. The van der Waals surface area contributed by atoms with Crippen LogP contribution < -0.4 is 4.74 Å². The van der Waals surface area contributed by atoms with Crippen molar-refractivity contribution in [1.29, 1.82) is 0 Å². The minimum absolute atomic E-state index is 0.196. The Balaban J connectivity index is 1.84. The van der Waals surface area contributed by atoms with E-state index in [0.29, 0.717) is 10.3 Å². The van der Waals surface area contributed by atoms with Gasteiger partial charge < -0.3 is 9.47 Å². The Morgan fingerprint density at radius 2 is 1.84 bits per heavy atom. The van der Waals surface area contributed by atoms with Gasteiger partial charge in [-0.1, -0.05) is 23.5 Å². The van der Waals surface area contributed by atoms with Gasteiger partial charge in [-0.25, -0.2) is 14.8 Å². The zero-order valence-corrected chi connectivity index (χ0v) is 15.5. The monoisotopic (exact) mass is 376 g/mol. The number of nitrogens with zero attached hydrogens (tertiary/aromatic N) is 2. The van der Waals surface area contributed by atoms with E-state index in [4.69, 9.17) is 9.47 Å². The summed E-state index contributed by atoms with van der Waals surface area (Å²) in [6.07, 6.45) is 0.604. The molecule has 0 aliphatic carbocycles. The molecule has 2 heterocycles. The van der Waals surface area contributed by atoms with Crippen LogP contribution in [0.4, 0.5) is 4.79 Å². The summed E-state index contributed by atoms with van der Waals surface area (Å²) in [6.45, 7) is 3.49. The van der Waals surface area contributed by atoms with E-state index in [0.717, 1.165) is 16.2 Å². The van der Waals surface area contributed by atoms with E-state index in [1.165, 1.54) is 11.3 Å². The van der Waals surface area contributed by atoms with Gasteiger partial charge in [0.1, 0.15) is 10.3 Å². The molecular weight excluding hydrogens is 360 g/mol. The molecule has 0 aliphatic heterocycles. The lowest BCUT2D eigenvalue weighted by molar-refractivity contribution is 0.0729. The topological polar surface area (TPSA) is 78.4 Å². The number of carbonyl (C=O) groups excluding carboxylic acids is 1. The molecule has 3 rings (SSSR count). The van der Waals surface area contributed by atoms with Crippen molar-refractivity contribution in [2.24, 2.45) is 0 Å². The van der Waals surface area contributed by atoms with Crippen molar-refractivity contribution in [2.75, 3.05) is 6.26 Å². The first-order valence-corrected chi connectivity index (χ1v) is 9.90. The first kappa shape index (κ1) is 17.5. The zero-order valence-electron chi connectivity index (χ0n) is 13.9. The highest BCUT2D eigenvalue weighted by atomic mass is 32.2. The third-order valence-corrected chi connectivity index (χ3v) is 5.00. The third kappa shape index (κ3) is 4.21. The average Bonchev–Trinajstić information content (AvgIpc) is 2.95. The number of fused-ring (bicyclic) bond motifs is 1. The van der Waals surface area contributed by atoms with Crippen LogP contribution in [0.5, 0.6) is 5.19 Å². The number of aromatic nitrogens is 2. The van der Waals surface area contributed by atoms with Crippen molar-refractivity contribution < 1.29 is 18.5 Å². The molecule has 0 saturated heterocycles. The maximum Gasteiger partial charge on any atom is 0.516 e. The Hall–Kier alpha value is -2.32. The maximum atomic E-state index is 11.6. The summed E-state index contributed by atoms with van der Waals surface area (Å²) in [5.74, 6) is 0. The molecule has 0 amide bonds. The second kappa shape index (κ2) is 7.28. The minimum Gasteiger partial charge on any atom is -0.431 e. The highest BCUT2D eigenvalue weighted by Crippen LogP contribution is 2.29. The molecule has 3 aromatic rings. The lowest BCUT2D eigenvalue weighted by atomic mass is 10.1. The Morgan fingerprint density at radius 1 is 1.12 bits per heavy atom. The van der Waals surface area contributed by atoms with Gasteiger partial charge in [-0.2, -0.15) is 0 Å². The Labute approximate surface area is 151 Å². The molecule has 0 radical (unpaired) electrons. The quantitative estimate of drug-likeness (QED) is 0.640. The smallest absolute Gasteiger partial charge is 0.431 e. The molecule has 0 N–H and O–H groups in total. The molecule has 0 aliphatic rings. The first-order valence-electron chi connectivity index (χ1n) is 7.52. The lowest BCUT2D eigenvalue weighted by Crippen LogP contribution is -2.15. The lowest BCUT2D eigenvalue weighted by Gasteiger charge is -2.05. The predicted molar refractivity (Wildman–Crippen MR) is 97.4 cm³/mol. The highest BCUT2D eigenvalue weighted by Gasteiger charge is 2.14. The van der Waals surface area contributed by atoms with Crippen LogP contribution in [0, 0.1) is 0 Å². The zero-order chi connectivity index (χ0) is 18.0. The van der Waals surface area contributed by atoms with E-state index in [-0.39, 0.29) is 11.3 Å². The van der Waals surface area contributed by atoms with Crippen molar-refractivity contribution in [2.45, 2.75) is 24.8 Å². The van der Waals surface area contributed by atoms with Gasteiger partial charge in [0.2, 0.25) is 0 Å². The fourth-order valence-corrected chi connectivity index (χ4v) is 3.41. The maximum absolute atomic E-state index is 11.6. The number of pyridine rings is 1. The second-order valence-corrected chi connectivity index (χ2v) is 7.82. The van der Waals surface area contributed by atoms with Gasteiger partial charge in [-0.15, -0.1) is 0 Å². The molecule has 1 atom stereocenters. The van der Waals surface area contributed by atoms with Crippen molar-refractivity contribution in [3.05, 3.63) is 36.4 Å². The fraction of sp³-hybridized carbons (Fsp3) is 0.235. The summed E-state index contributed by atoms with van der Waals surface area (Å²) in [6, 6.07) is 11.1. The molecule has 130 valence electrons. The summed E-state index contributed by atoms with van der Waals surface area (Å²) >= 11 is 1.18. The third-order valence-electron chi connectivity index (χ3n) is 3.22. The molecular formula is C17H16N2O4S2. The molecule has 25 heavy (non-hydrogen) atoms. The number of thiazole rings is 1. The molecule has 0 fully saturated rings. The summed E-state index contributed by atoms with van der Waals surface area (Å²) in [4.78, 5) is 21.8. The van der Waals surface area contributed by atoms with Crippen LogP contribution >= 0.6 is 11.3 Å². The average molecular weight is 376 g/mol. The van der Waals surface area contributed by atoms with Gasteiger partial charge in [0.05, 0.1) is 11.8 Å². The van der Waals surface area contributed by atoms with E-state index in [2.05, 4.69) is 9.97 Å². The molecule has 6 nitrogen and oxygen atoms in total. The molecule has 8 heteroatoms. The van der Waals surface area contributed by atoms with E-state index >= 15 is 0 Å². The van der Waals surface area contributed by atoms with Crippen molar-refractivity contribution in [3.8, 4) is 16.5 Å². The summed E-state index contributed by atoms with van der Waals surface area (Å²) in [5.41, 5.74) is 2.32. The van der Waals surface area contributed by atoms with Crippen LogP contribution in [0.25, 0.3) is 21.6 Å². The van der Waals surface area contributed by atoms with Crippen LogP contribution in [0.1, 0.15) is 13.8 Å². The van der Waals surface area contributed by atoms with Gasteiger partial charge in [0.25, 0.3) is 5.19 Å². The largest absolute Gasteiger partial charge is 0.516 e. The van der Waals surface area contributed by atoms with E-state index in [9.17, 15) is 9.00 Å². The van der Waals surface area contributed by atoms with Crippen LogP contribution in [-0.2, 0) is 15.5 Å². The number of benzene rings is 1. The van der Waals surface area contributed by atoms with E-state index in [1.54, 1.807) is 20.1 Å². The number of hydrogen-bond donors (Lipinski definition) is 0. The first-order chi connectivity index (χ1) is 11.9. The van der Waals surface area contributed by atoms with Crippen LogP contribution in [0.3, 0.4) is 0 Å². The van der Waals surface area contributed by atoms with Gasteiger partial charge in [-0.05, 0) is 38.1 Å². The van der Waals surface area contributed by atoms with Crippen molar-refractivity contribution >= 4 is 38.6 Å². The molecule has 2 aromatic heterocycles. The number of ether oxygens (including phenoxy) is 2. The predicted octanol–water partition coefficient (Wildman–Crippen LogP) is 4.02. The summed E-state index contributed by atoms with van der Waals surface area (Å²) < 4.78 is 21.5. The van der Waals surface area contributed by atoms with Gasteiger partial charge >= 0.3 is 6.16 Å². The standard InChI is InChI=1S/C17H16N2O4S2/c1-10(2)22-17(20)23-16-19-14-9-8-13(18-15(14)24-16)11-4-6-12(7-5-11)25(3)21/h4-10H,1-3H3. The minimum atomic E-state index is -1.01. The van der Waals surface area contributed by atoms with Crippen molar-refractivity contribution in [3.63, 3.8) is 0 Å². The number of carbonyl (C=O) groups is 1. The number of hydrogen-bond acceptors (Lipinski definition) is 7. The van der Waals surface area contributed by atoms with Crippen LogP contribution in [-0.4, -0.2) is 32.7 Å². The van der Waals surface area contributed by atoms with E-state index in [1.807, 2.05) is 36.4 Å². The van der Waals surface area contributed by atoms with Crippen molar-refractivity contribution in [1.82, 2.24) is 9.97 Å². The normalized spacial score (nSPS) is 12.3. The van der Waals surface area contributed by atoms with Crippen LogP contribution in [0.2, 0.25) is 0 Å². The SMILES string of the molecule is CC(C)OC(=O)Oc1nc2ccc(-c3ccc(S(C)=O)cc3)nc2s1. The van der Waals surface area contributed by atoms with Gasteiger partial charge in [-0.3, -0.25) is 4.21 Å². The highest BCUT2D eigenvalue weighted by molar-refractivity contribution is 7.84. The Morgan fingerprint density at radius 3 is 2.48 bits per heavy atom. The second-order valence-electron chi connectivity index (χ2n) is 5.50. The molecule has 0 bridgehead atoms. The molecule has 1 aromatic carbocycles. The fourth-order valence-electron chi connectivity index (χ4n) is 2.11. The summed E-state index contributed by atoms with van der Waals surface area (Å²) in [5, 5.41) is 0.196. The van der Waals surface area contributed by atoms with Gasteiger partial charge in [0.15, 0.2) is 0 Å².